The molecule has 0 fully saturated rings. The Morgan fingerprint density at radius 1 is 0.969 bits per heavy atom. The molecule has 6 heteroatoms. The zero-order valence-electron chi connectivity index (χ0n) is 18.2. The number of hydrogen-bond acceptors (Lipinski definition) is 3. The third-order valence-corrected chi connectivity index (χ3v) is 5.42. The second-order valence-electron chi connectivity index (χ2n) is 7.64. The molecule has 0 bridgehead atoms. The van der Waals surface area contributed by atoms with Crippen molar-refractivity contribution in [2.45, 2.75) is 45.3 Å². The van der Waals surface area contributed by atoms with Crippen LogP contribution >= 0.6 is 11.6 Å². The maximum Gasteiger partial charge on any atom is 0.243 e. The van der Waals surface area contributed by atoms with Crippen LogP contribution < -0.4 is 5.32 Å². The van der Waals surface area contributed by atoms with Gasteiger partial charge < -0.3 is 10.2 Å². The van der Waals surface area contributed by atoms with Crippen molar-refractivity contribution in [1.29, 1.82) is 0 Å². The minimum atomic E-state index is -0.643. The van der Waals surface area contributed by atoms with Gasteiger partial charge in [0, 0.05) is 30.6 Å². The van der Waals surface area contributed by atoms with Crippen molar-refractivity contribution in [3.05, 3.63) is 101 Å². The van der Waals surface area contributed by atoms with Crippen LogP contribution in [0.3, 0.4) is 0 Å². The monoisotopic (exact) mass is 449 g/mol. The van der Waals surface area contributed by atoms with Crippen LogP contribution in [0.5, 0.6) is 0 Å². The van der Waals surface area contributed by atoms with Gasteiger partial charge in [-0.3, -0.25) is 14.6 Å². The van der Waals surface area contributed by atoms with E-state index in [4.69, 9.17) is 11.6 Å². The van der Waals surface area contributed by atoms with E-state index in [2.05, 4.69) is 10.3 Å². The van der Waals surface area contributed by atoms with E-state index < -0.39 is 6.04 Å². The number of benzene rings is 2. The first kappa shape index (κ1) is 23.5. The zero-order valence-corrected chi connectivity index (χ0v) is 19.0. The summed E-state index contributed by atoms with van der Waals surface area (Å²) in [7, 11) is 0. The third-order valence-electron chi connectivity index (χ3n) is 5.17. The summed E-state index contributed by atoms with van der Waals surface area (Å²) in [5.74, 6) is -0.241. The predicted molar refractivity (Wildman–Crippen MR) is 127 cm³/mol. The second-order valence-corrected chi connectivity index (χ2v) is 8.08. The number of aromatic nitrogens is 1. The van der Waals surface area contributed by atoms with Gasteiger partial charge in [0.2, 0.25) is 11.8 Å². The summed E-state index contributed by atoms with van der Waals surface area (Å²) in [5.41, 5.74) is 2.69. The lowest BCUT2D eigenvalue weighted by molar-refractivity contribution is -0.141. The van der Waals surface area contributed by atoms with Crippen LogP contribution in [-0.4, -0.2) is 27.7 Å². The molecule has 0 spiro atoms. The van der Waals surface area contributed by atoms with Crippen molar-refractivity contribution >= 4 is 23.4 Å². The van der Waals surface area contributed by atoms with Crippen molar-refractivity contribution in [3.63, 3.8) is 0 Å². The standard InChI is InChI=1S/C26H28ClN3O2/c1-2-8-25(31)30(19-21-12-14-22(27)15-13-21)24(17-20-9-4-3-5-10-20)26(32)29-18-23-11-6-7-16-28-23/h3-7,9-16,24H,2,8,17-19H2,1H3,(H,29,32)/t24-/m0/s1. The molecule has 0 saturated carbocycles. The first-order valence-corrected chi connectivity index (χ1v) is 11.2. The fourth-order valence-electron chi connectivity index (χ4n) is 3.50. The van der Waals surface area contributed by atoms with Gasteiger partial charge in [-0.2, -0.15) is 0 Å². The Morgan fingerprint density at radius 2 is 1.69 bits per heavy atom. The molecule has 3 rings (SSSR count). The van der Waals surface area contributed by atoms with E-state index in [1.807, 2.05) is 67.6 Å². The molecule has 32 heavy (non-hydrogen) atoms. The Morgan fingerprint density at radius 3 is 2.34 bits per heavy atom. The quantitative estimate of drug-likeness (QED) is 0.484. The molecule has 1 heterocycles. The summed E-state index contributed by atoms with van der Waals surface area (Å²) >= 11 is 6.03. The third kappa shape index (κ3) is 6.92. The van der Waals surface area contributed by atoms with Crippen LogP contribution in [0.4, 0.5) is 0 Å². The average molecular weight is 450 g/mol. The van der Waals surface area contributed by atoms with E-state index in [1.165, 1.54) is 0 Å². The number of rotatable bonds is 10. The Kier molecular flexibility index (Phi) is 8.81. The van der Waals surface area contributed by atoms with E-state index >= 15 is 0 Å². The van der Waals surface area contributed by atoms with Gasteiger partial charge in [-0.15, -0.1) is 0 Å². The first-order valence-electron chi connectivity index (χ1n) is 10.8. The van der Waals surface area contributed by atoms with Crippen molar-refractivity contribution in [3.8, 4) is 0 Å². The highest BCUT2D eigenvalue weighted by Crippen LogP contribution is 2.18. The Balaban J connectivity index is 1.87. The van der Waals surface area contributed by atoms with Gasteiger partial charge >= 0.3 is 0 Å². The smallest absolute Gasteiger partial charge is 0.243 e. The Hall–Kier alpha value is -3.18. The highest BCUT2D eigenvalue weighted by Gasteiger charge is 2.29. The first-order chi connectivity index (χ1) is 15.6. The van der Waals surface area contributed by atoms with Gasteiger partial charge in [0.1, 0.15) is 6.04 Å². The largest absolute Gasteiger partial charge is 0.349 e. The number of hydrogen-bond donors (Lipinski definition) is 1. The number of halogens is 1. The van der Waals surface area contributed by atoms with Crippen LogP contribution in [0.25, 0.3) is 0 Å². The van der Waals surface area contributed by atoms with E-state index in [-0.39, 0.29) is 11.8 Å². The number of nitrogens with one attached hydrogen (secondary N) is 1. The van der Waals surface area contributed by atoms with E-state index in [9.17, 15) is 9.59 Å². The van der Waals surface area contributed by atoms with Crippen LogP contribution in [0.15, 0.2) is 79.0 Å². The van der Waals surface area contributed by atoms with Crippen LogP contribution in [0.2, 0.25) is 5.02 Å². The lowest BCUT2D eigenvalue weighted by atomic mass is 10.0. The molecule has 166 valence electrons. The van der Waals surface area contributed by atoms with Gasteiger partial charge in [0.25, 0.3) is 0 Å². The topological polar surface area (TPSA) is 62.3 Å². The molecule has 0 unspecified atom stereocenters. The number of pyridine rings is 1. The molecule has 0 radical (unpaired) electrons. The summed E-state index contributed by atoms with van der Waals surface area (Å²) in [6.07, 6.45) is 3.22. The van der Waals surface area contributed by atoms with E-state index in [1.54, 1.807) is 23.2 Å². The highest BCUT2D eigenvalue weighted by molar-refractivity contribution is 6.30. The maximum absolute atomic E-state index is 13.4. The van der Waals surface area contributed by atoms with Crippen molar-refractivity contribution < 1.29 is 9.59 Å². The van der Waals surface area contributed by atoms with Gasteiger partial charge in [-0.25, -0.2) is 0 Å². The number of nitrogens with zero attached hydrogens (tertiary/aromatic N) is 2. The lowest BCUT2D eigenvalue weighted by Gasteiger charge is -2.31. The zero-order chi connectivity index (χ0) is 22.8. The van der Waals surface area contributed by atoms with Gasteiger partial charge in [0.05, 0.1) is 12.2 Å². The summed E-state index contributed by atoms with van der Waals surface area (Å²) in [6.45, 7) is 2.61. The lowest BCUT2D eigenvalue weighted by Crippen LogP contribution is -2.50. The predicted octanol–water partition coefficient (Wildman–Crippen LogP) is 4.79. The molecule has 0 aliphatic carbocycles. The molecule has 1 N–H and O–H groups in total. The summed E-state index contributed by atoms with van der Waals surface area (Å²) < 4.78 is 0. The molecule has 2 aromatic carbocycles. The molecule has 5 nitrogen and oxygen atoms in total. The van der Waals surface area contributed by atoms with Crippen molar-refractivity contribution in [2.75, 3.05) is 0 Å². The second kappa shape index (κ2) is 12.0. The molecule has 0 saturated heterocycles. The van der Waals surface area contributed by atoms with Crippen molar-refractivity contribution in [1.82, 2.24) is 15.2 Å². The van der Waals surface area contributed by atoms with Gasteiger partial charge in [-0.05, 0) is 41.8 Å². The fourth-order valence-corrected chi connectivity index (χ4v) is 3.62. The van der Waals surface area contributed by atoms with Crippen LogP contribution in [0.1, 0.15) is 36.6 Å². The van der Waals surface area contributed by atoms with Crippen molar-refractivity contribution in [2.24, 2.45) is 0 Å². The normalized spacial score (nSPS) is 11.6. The molecular weight excluding hydrogens is 422 g/mol. The molecule has 2 amide bonds. The van der Waals surface area contributed by atoms with E-state index in [0.717, 1.165) is 16.8 Å². The van der Waals surface area contributed by atoms with Crippen LogP contribution in [0, 0.1) is 0 Å². The molecule has 3 aromatic rings. The van der Waals surface area contributed by atoms with Crippen LogP contribution in [-0.2, 0) is 29.1 Å². The summed E-state index contributed by atoms with van der Waals surface area (Å²) in [4.78, 5) is 32.5. The maximum atomic E-state index is 13.4. The molecule has 1 atom stereocenters. The molecular formula is C26H28ClN3O2. The van der Waals surface area contributed by atoms with E-state index in [0.29, 0.717) is 37.4 Å². The Bertz CT molecular complexity index is 995. The SMILES string of the molecule is CCCC(=O)N(Cc1ccc(Cl)cc1)[C@@H](Cc1ccccc1)C(=O)NCc1ccccn1. The summed E-state index contributed by atoms with van der Waals surface area (Å²) in [5, 5.41) is 3.61. The number of carbonyl (C=O) groups is 2. The molecule has 0 aliphatic rings. The number of amides is 2. The molecule has 0 aliphatic heterocycles. The number of carbonyl (C=O) groups excluding carboxylic acids is 2. The fraction of sp³-hybridized carbons (Fsp3) is 0.269. The Labute approximate surface area is 194 Å². The van der Waals surface area contributed by atoms with Gasteiger partial charge in [-0.1, -0.05) is 67.1 Å². The average Bonchev–Trinajstić information content (AvgIpc) is 2.82. The highest BCUT2D eigenvalue weighted by atomic mass is 35.5. The minimum Gasteiger partial charge on any atom is -0.349 e. The summed E-state index contributed by atoms with van der Waals surface area (Å²) in [6, 6.07) is 22.1. The van der Waals surface area contributed by atoms with Gasteiger partial charge in [0.15, 0.2) is 0 Å². The molecule has 1 aromatic heterocycles. The minimum absolute atomic E-state index is 0.0450.